The number of esters is 1. The van der Waals surface area contributed by atoms with Crippen molar-refractivity contribution < 1.29 is 29.1 Å². The molecule has 2 N–H and O–H groups in total. The normalized spacial score (nSPS) is 10.5. The molecule has 0 aromatic heterocycles. The second kappa shape index (κ2) is 10.4. The molecular weight excluding hydrogens is 382 g/mol. The van der Waals surface area contributed by atoms with Crippen molar-refractivity contribution in [1.82, 2.24) is 5.43 Å². The van der Waals surface area contributed by atoms with Gasteiger partial charge in [0.1, 0.15) is 11.5 Å². The molecule has 0 atom stereocenters. The zero-order valence-electron chi connectivity index (χ0n) is 15.5. The minimum absolute atomic E-state index is 0.0750. The number of nitro groups is 1. The molecule has 0 spiro atoms. The van der Waals surface area contributed by atoms with Crippen LogP contribution in [0.2, 0.25) is 0 Å². The predicted octanol–water partition coefficient (Wildman–Crippen LogP) is 2.40. The zero-order chi connectivity index (χ0) is 21.2. The number of nitro benzene ring substituents is 1. The van der Waals surface area contributed by atoms with Gasteiger partial charge in [0.25, 0.3) is 11.6 Å². The van der Waals surface area contributed by atoms with Gasteiger partial charge in [0, 0.05) is 17.7 Å². The molecule has 10 nitrogen and oxygen atoms in total. The van der Waals surface area contributed by atoms with Crippen LogP contribution in [0.5, 0.6) is 11.5 Å². The number of ether oxygens (including phenoxy) is 2. The highest BCUT2D eigenvalue weighted by Gasteiger charge is 2.10. The van der Waals surface area contributed by atoms with Crippen molar-refractivity contribution in [3.63, 3.8) is 0 Å². The summed E-state index contributed by atoms with van der Waals surface area (Å²) in [6, 6.07) is 9.53. The Kier molecular flexibility index (Phi) is 7.66. The van der Waals surface area contributed by atoms with Gasteiger partial charge < -0.3 is 14.6 Å². The number of aromatic hydroxyl groups is 1. The maximum Gasteiger partial charge on any atom is 0.338 e. The number of hydrogen-bond donors (Lipinski definition) is 2. The van der Waals surface area contributed by atoms with E-state index in [4.69, 9.17) is 9.47 Å². The first-order valence-corrected chi connectivity index (χ1v) is 8.60. The van der Waals surface area contributed by atoms with Gasteiger partial charge in [0.15, 0.2) is 6.61 Å². The van der Waals surface area contributed by atoms with Crippen LogP contribution < -0.4 is 10.2 Å². The number of hydrogen-bond acceptors (Lipinski definition) is 8. The number of nitrogens with one attached hydrogen (secondary N) is 1. The molecule has 10 heteroatoms. The fourth-order valence-electron chi connectivity index (χ4n) is 2.08. The molecule has 0 heterocycles. The van der Waals surface area contributed by atoms with Crippen LogP contribution in [-0.4, -0.2) is 41.3 Å². The monoisotopic (exact) mass is 401 g/mol. The third kappa shape index (κ3) is 6.61. The summed E-state index contributed by atoms with van der Waals surface area (Å²) >= 11 is 0. The Bertz CT molecular complexity index is 911. The van der Waals surface area contributed by atoms with Crippen molar-refractivity contribution in [3.8, 4) is 11.5 Å². The highest BCUT2D eigenvalue weighted by molar-refractivity contribution is 5.89. The second-order valence-electron chi connectivity index (χ2n) is 5.74. The van der Waals surface area contributed by atoms with Crippen LogP contribution in [0.4, 0.5) is 5.69 Å². The number of non-ortho nitro benzene ring substituents is 1. The lowest BCUT2D eigenvalue weighted by atomic mass is 10.2. The molecule has 29 heavy (non-hydrogen) atoms. The lowest BCUT2D eigenvalue weighted by Gasteiger charge is -2.06. The van der Waals surface area contributed by atoms with Gasteiger partial charge in [-0.25, -0.2) is 10.2 Å². The topological polar surface area (TPSA) is 140 Å². The summed E-state index contributed by atoms with van der Waals surface area (Å²) < 4.78 is 10.3. The Hall–Kier alpha value is -3.95. The number of nitrogens with zero attached hydrogens (tertiary/aromatic N) is 2. The average Bonchev–Trinajstić information content (AvgIpc) is 2.72. The summed E-state index contributed by atoms with van der Waals surface area (Å²) in [6.45, 7) is 1.88. The molecule has 2 aromatic carbocycles. The van der Waals surface area contributed by atoms with Gasteiger partial charge in [-0.15, -0.1) is 0 Å². The molecule has 152 valence electrons. The number of phenols is 1. The van der Waals surface area contributed by atoms with Gasteiger partial charge in [-0.05, 0) is 36.8 Å². The smallest absolute Gasteiger partial charge is 0.338 e. The van der Waals surface area contributed by atoms with Crippen LogP contribution >= 0.6 is 0 Å². The maximum atomic E-state index is 11.8. The minimum atomic E-state index is -0.613. The summed E-state index contributed by atoms with van der Waals surface area (Å²) in [7, 11) is 0. The lowest BCUT2D eigenvalue weighted by molar-refractivity contribution is -0.384. The fourth-order valence-corrected chi connectivity index (χ4v) is 2.08. The average molecular weight is 401 g/mol. The Morgan fingerprint density at radius 3 is 2.62 bits per heavy atom. The minimum Gasteiger partial charge on any atom is -0.507 e. The van der Waals surface area contributed by atoms with E-state index < -0.39 is 16.8 Å². The van der Waals surface area contributed by atoms with Gasteiger partial charge in [-0.1, -0.05) is 6.92 Å². The van der Waals surface area contributed by atoms with E-state index in [1.54, 1.807) is 0 Å². The summed E-state index contributed by atoms with van der Waals surface area (Å²) in [5, 5.41) is 24.0. The molecule has 0 bridgehead atoms. The Morgan fingerprint density at radius 1 is 1.24 bits per heavy atom. The zero-order valence-corrected chi connectivity index (χ0v) is 15.5. The number of hydrazone groups is 1. The molecule has 0 unspecified atom stereocenters. The first-order valence-electron chi connectivity index (χ1n) is 8.60. The first-order chi connectivity index (χ1) is 13.9. The molecule has 2 aromatic rings. The number of phenolic OH excluding ortho intramolecular Hbond substituents is 1. The Labute approximate surface area is 165 Å². The summed E-state index contributed by atoms with van der Waals surface area (Å²) in [5.41, 5.74) is 2.41. The molecule has 2 rings (SSSR count). The Balaban J connectivity index is 1.84. The lowest BCUT2D eigenvalue weighted by Crippen LogP contribution is -2.24. The summed E-state index contributed by atoms with van der Waals surface area (Å²) in [5.74, 6) is -0.873. The van der Waals surface area contributed by atoms with E-state index >= 15 is 0 Å². The van der Waals surface area contributed by atoms with Crippen LogP contribution in [0.15, 0.2) is 47.6 Å². The van der Waals surface area contributed by atoms with Gasteiger partial charge in [0.2, 0.25) is 0 Å². The van der Waals surface area contributed by atoms with Crippen molar-refractivity contribution in [2.75, 3.05) is 13.2 Å². The van der Waals surface area contributed by atoms with Crippen LogP contribution in [0.3, 0.4) is 0 Å². The summed E-state index contributed by atoms with van der Waals surface area (Å²) in [4.78, 5) is 33.6. The van der Waals surface area contributed by atoms with E-state index in [0.717, 1.165) is 30.8 Å². The van der Waals surface area contributed by atoms with E-state index in [9.17, 15) is 24.8 Å². The SMILES string of the molecule is CCCOC(=O)c1ccc(OCC(=O)NN=Cc2cc([N+](=O)[O-])ccc2O)cc1. The number of amides is 1. The maximum absolute atomic E-state index is 11.8. The molecular formula is C19H19N3O7. The van der Waals surface area contributed by atoms with Crippen LogP contribution in [0, 0.1) is 10.1 Å². The second-order valence-corrected chi connectivity index (χ2v) is 5.74. The van der Waals surface area contributed by atoms with Crippen molar-refractivity contribution >= 4 is 23.8 Å². The molecule has 0 aliphatic carbocycles. The van der Waals surface area contributed by atoms with E-state index in [0.29, 0.717) is 17.9 Å². The van der Waals surface area contributed by atoms with Crippen molar-refractivity contribution in [2.24, 2.45) is 5.10 Å². The van der Waals surface area contributed by atoms with Gasteiger partial charge in [0.05, 0.1) is 23.3 Å². The number of benzene rings is 2. The molecule has 1 amide bonds. The molecule has 0 radical (unpaired) electrons. The standard InChI is InChI=1S/C19H19N3O7/c1-2-9-28-19(25)13-3-6-16(7-4-13)29-12-18(24)21-20-11-14-10-15(22(26)27)5-8-17(14)23/h3-8,10-11,23H,2,9,12H2,1H3,(H,21,24). The summed E-state index contributed by atoms with van der Waals surface area (Å²) in [6.07, 6.45) is 1.81. The number of carbonyl (C=O) groups is 2. The predicted molar refractivity (Wildman–Crippen MR) is 103 cm³/mol. The van der Waals surface area contributed by atoms with Crippen molar-refractivity contribution in [3.05, 3.63) is 63.7 Å². The van der Waals surface area contributed by atoms with E-state index in [2.05, 4.69) is 10.5 Å². The van der Waals surface area contributed by atoms with Crippen LogP contribution in [0.1, 0.15) is 29.3 Å². The number of carbonyl (C=O) groups excluding carboxylic acids is 2. The largest absolute Gasteiger partial charge is 0.507 e. The van der Waals surface area contributed by atoms with Crippen LogP contribution in [0.25, 0.3) is 0 Å². The molecule has 0 aliphatic rings. The third-order valence-corrected chi connectivity index (χ3v) is 3.51. The van der Waals surface area contributed by atoms with Gasteiger partial charge >= 0.3 is 5.97 Å². The number of rotatable bonds is 9. The molecule has 0 saturated heterocycles. The molecule has 0 fully saturated rings. The van der Waals surface area contributed by atoms with Crippen LogP contribution in [-0.2, 0) is 9.53 Å². The molecule has 0 aliphatic heterocycles. The highest BCUT2D eigenvalue weighted by Crippen LogP contribution is 2.21. The molecule has 0 saturated carbocycles. The third-order valence-electron chi connectivity index (χ3n) is 3.51. The Morgan fingerprint density at radius 2 is 1.97 bits per heavy atom. The van der Waals surface area contributed by atoms with Crippen molar-refractivity contribution in [1.29, 1.82) is 0 Å². The highest BCUT2D eigenvalue weighted by atomic mass is 16.6. The van der Waals surface area contributed by atoms with E-state index in [1.165, 1.54) is 24.3 Å². The van der Waals surface area contributed by atoms with E-state index in [-0.39, 0.29) is 23.6 Å². The quantitative estimate of drug-likeness (QED) is 0.284. The van der Waals surface area contributed by atoms with E-state index in [1.807, 2.05) is 6.92 Å². The first kappa shape index (κ1) is 21.4. The van der Waals surface area contributed by atoms with Crippen molar-refractivity contribution in [2.45, 2.75) is 13.3 Å². The van der Waals surface area contributed by atoms with Gasteiger partial charge in [-0.2, -0.15) is 5.10 Å². The fraction of sp³-hybridized carbons (Fsp3) is 0.211. The van der Waals surface area contributed by atoms with Gasteiger partial charge in [-0.3, -0.25) is 14.9 Å².